The summed E-state index contributed by atoms with van der Waals surface area (Å²) in [5.41, 5.74) is 2.27. The van der Waals surface area contributed by atoms with E-state index in [0.717, 1.165) is 36.7 Å². The average Bonchev–Trinajstić information content (AvgIpc) is 3.04. The zero-order chi connectivity index (χ0) is 14.9. The average molecular weight is 317 g/mol. The van der Waals surface area contributed by atoms with Gasteiger partial charge in [-0.2, -0.15) is 0 Å². The summed E-state index contributed by atoms with van der Waals surface area (Å²) in [4.78, 5) is 9.59. The van der Waals surface area contributed by atoms with Gasteiger partial charge in [0.25, 0.3) is 0 Å². The molecule has 4 nitrogen and oxygen atoms in total. The van der Waals surface area contributed by atoms with Crippen LogP contribution >= 0.6 is 11.6 Å². The maximum Gasteiger partial charge on any atom is 0.0737 e. The molecule has 0 bridgehead atoms. The van der Waals surface area contributed by atoms with Crippen molar-refractivity contribution < 1.29 is 0 Å². The minimum absolute atomic E-state index is 0.678. The van der Waals surface area contributed by atoms with Crippen molar-refractivity contribution in [3.63, 3.8) is 0 Å². The fourth-order valence-corrected chi connectivity index (χ4v) is 3.85. The molecule has 0 spiro atoms. The lowest BCUT2D eigenvalue weighted by atomic mass is 10.1. The highest BCUT2D eigenvalue weighted by Gasteiger charge is 2.29. The molecule has 0 saturated carbocycles. The number of hydrogen-bond donors (Lipinski definition) is 1. The lowest BCUT2D eigenvalue weighted by molar-refractivity contribution is 0.185. The number of benzene rings is 1. The predicted molar refractivity (Wildman–Crippen MR) is 91.8 cm³/mol. The summed E-state index contributed by atoms with van der Waals surface area (Å²) >= 11 is 6.09. The highest BCUT2D eigenvalue weighted by atomic mass is 35.5. The molecule has 0 radical (unpaired) electrons. The topological polar surface area (TPSA) is 31.4 Å². The van der Waals surface area contributed by atoms with Crippen molar-refractivity contribution >= 4 is 28.2 Å². The van der Waals surface area contributed by atoms with Gasteiger partial charge in [0, 0.05) is 67.6 Å². The van der Waals surface area contributed by atoms with Gasteiger partial charge < -0.3 is 10.2 Å². The maximum absolute atomic E-state index is 6.09. The predicted octanol–water partition coefficient (Wildman–Crippen LogP) is 2.37. The maximum atomic E-state index is 6.09. The number of aromatic nitrogens is 1. The zero-order valence-electron chi connectivity index (χ0n) is 12.6. The molecule has 1 atom stereocenters. The molecule has 2 aromatic rings. The molecule has 0 aliphatic carbocycles. The number of anilines is 1. The fraction of sp³-hybridized carbons (Fsp3) is 0.471. The second-order valence-corrected chi connectivity index (χ2v) is 6.60. The SMILES string of the molecule is Clc1ccc2c(N3CCC(N4CCNCC4)C3)ccnc2c1. The van der Waals surface area contributed by atoms with Crippen LogP contribution in [0, 0.1) is 0 Å². The van der Waals surface area contributed by atoms with E-state index in [1.54, 1.807) is 0 Å². The first kappa shape index (κ1) is 14.2. The largest absolute Gasteiger partial charge is 0.369 e. The normalized spacial score (nSPS) is 23.3. The molecule has 116 valence electrons. The molecule has 1 N–H and O–H groups in total. The Labute approximate surface area is 136 Å². The van der Waals surface area contributed by atoms with Crippen molar-refractivity contribution in [3.05, 3.63) is 35.5 Å². The van der Waals surface area contributed by atoms with Crippen LogP contribution in [0.3, 0.4) is 0 Å². The van der Waals surface area contributed by atoms with Gasteiger partial charge in [-0.15, -0.1) is 0 Å². The number of nitrogens with one attached hydrogen (secondary N) is 1. The van der Waals surface area contributed by atoms with Gasteiger partial charge in [0.1, 0.15) is 0 Å². The molecule has 4 rings (SSSR count). The van der Waals surface area contributed by atoms with Crippen LogP contribution in [-0.4, -0.2) is 55.2 Å². The number of fused-ring (bicyclic) bond motifs is 1. The van der Waals surface area contributed by atoms with E-state index >= 15 is 0 Å². The summed E-state index contributed by atoms with van der Waals surface area (Å²) in [5, 5.41) is 5.38. The van der Waals surface area contributed by atoms with Crippen molar-refractivity contribution in [1.29, 1.82) is 0 Å². The van der Waals surface area contributed by atoms with E-state index in [-0.39, 0.29) is 0 Å². The lowest BCUT2D eigenvalue weighted by Crippen LogP contribution is -2.49. The molecule has 2 fully saturated rings. The molecule has 1 aromatic heterocycles. The molecule has 0 amide bonds. The Hall–Kier alpha value is -1.36. The molecule has 5 heteroatoms. The fourth-order valence-electron chi connectivity index (χ4n) is 3.69. The number of rotatable bonds is 2. The molecule has 1 unspecified atom stereocenters. The van der Waals surface area contributed by atoms with Crippen LogP contribution in [-0.2, 0) is 0 Å². The van der Waals surface area contributed by atoms with Crippen molar-refractivity contribution in [2.75, 3.05) is 44.2 Å². The second-order valence-electron chi connectivity index (χ2n) is 6.17. The smallest absolute Gasteiger partial charge is 0.0737 e. The molecule has 3 heterocycles. The van der Waals surface area contributed by atoms with Gasteiger partial charge in [0.15, 0.2) is 0 Å². The molecule has 2 aliphatic heterocycles. The number of piperazine rings is 1. The summed E-state index contributed by atoms with van der Waals surface area (Å²) in [6.45, 7) is 6.81. The summed E-state index contributed by atoms with van der Waals surface area (Å²) in [7, 11) is 0. The second kappa shape index (κ2) is 6.03. The van der Waals surface area contributed by atoms with Gasteiger partial charge >= 0.3 is 0 Å². The van der Waals surface area contributed by atoms with Gasteiger partial charge in [-0.1, -0.05) is 11.6 Å². The van der Waals surface area contributed by atoms with Crippen LogP contribution in [0.5, 0.6) is 0 Å². The van der Waals surface area contributed by atoms with Gasteiger partial charge in [-0.05, 0) is 30.7 Å². The minimum Gasteiger partial charge on any atom is -0.369 e. The zero-order valence-corrected chi connectivity index (χ0v) is 13.4. The van der Waals surface area contributed by atoms with E-state index in [1.165, 1.54) is 30.6 Å². The van der Waals surface area contributed by atoms with Crippen LogP contribution in [0.15, 0.2) is 30.5 Å². The third kappa shape index (κ3) is 2.67. The highest BCUT2D eigenvalue weighted by Crippen LogP contribution is 2.30. The Morgan fingerprint density at radius 3 is 2.86 bits per heavy atom. The van der Waals surface area contributed by atoms with E-state index in [4.69, 9.17) is 11.6 Å². The van der Waals surface area contributed by atoms with E-state index in [0.29, 0.717) is 6.04 Å². The summed E-state index contributed by atoms with van der Waals surface area (Å²) in [6, 6.07) is 8.81. The molecular weight excluding hydrogens is 296 g/mol. The Morgan fingerprint density at radius 2 is 2.00 bits per heavy atom. The van der Waals surface area contributed by atoms with Crippen molar-refractivity contribution in [2.45, 2.75) is 12.5 Å². The lowest BCUT2D eigenvalue weighted by Gasteiger charge is -2.32. The Kier molecular flexibility index (Phi) is 3.90. The first-order valence-corrected chi connectivity index (χ1v) is 8.43. The quantitative estimate of drug-likeness (QED) is 0.922. The number of hydrogen-bond acceptors (Lipinski definition) is 4. The van der Waals surface area contributed by atoms with Gasteiger partial charge in [0.05, 0.1) is 5.52 Å². The Balaban J connectivity index is 1.58. The van der Waals surface area contributed by atoms with Gasteiger partial charge in [-0.3, -0.25) is 9.88 Å². The Bertz CT molecular complexity index is 669. The third-order valence-corrected chi connectivity index (χ3v) is 5.09. The van der Waals surface area contributed by atoms with E-state index in [2.05, 4.69) is 32.2 Å². The van der Waals surface area contributed by atoms with Crippen LogP contribution in [0.4, 0.5) is 5.69 Å². The summed E-state index contributed by atoms with van der Waals surface area (Å²) < 4.78 is 0. The number of nitrogens with zero attached hydrogens (tertiary/aromatic N) is 3. The molecule has 2 aliphatic rings. The van der Waals surface area contributed by atoms with Crippen LogP contribution < -0.4 is 10.2 Å². The monoisotopic (exact) mass is 316 g/mol. The first-order chi connectivity index (χ1) is 10.8. The first-order valence-electron chi connectivity index (χ1n) is 8.05. The number of halogens is 1. The standard InChI is InChI=1S/C17H21ClN4/c18-13-1-2-15-16(11-13)20-5-3-17(15)22-8-4-14(12-22)21-9-6-19-7-10-21/h1-3,5,11,14,19H,4,6-10,12H2. The summed E-state index contributed by atoms with van der Waals surface area (Å²) in [6.07, 6.45) is 3.14. The highest BCUT2D eigenvalue weighted by molar-refractivity contribution is 6.31. The van der Waals surface area contributed by atoms with E-state index < -0.39 is 0 Å². The molecule has 1 aromatic carbocycles. The van der Waals surface area contributed by atoms with Crippen molar-refractivity contribution in [1.82, 2.24) is 15.2 Å². The molecular formula is C17H21ClN4. The third-order valence-electron chi connectivity index (χ3n) is 4.85. The van der Waals surface area contributed by atoms with Crippen molar-refractivity contribution in [2.24, 2.45) is 0 Å². The van der Waals surface area contributed by atoms with Gasteiger partial charge in [0.2, 0.25) is 0 Å². The van der Waals surface area contributed by atoms with Crippen molar-refractivity contribution in [3.8, 4) is 0 Å². The van der Waals surface area contributed by atoms with Crippen LogP contribution in [0.1, 0.15) is 6.42 Å². The Morgan fingerprint density at radius 1 is 1.14 bits per heavy atom. The van der Waals surface area contributed by atoms with Gasteiger partial charge in [-0.25, -0.2) is 0 Å². The summed E-state index contributed by atoms with van der Waals surface area (Å²) in [5.74, 6) is 0. The molecule has 22 heavy (non-hydrogen) atoms. The minimum atomic E-state index is 0.678. The van der Waals surface area contributed by atoms with Crippen LogP contribution in [0.2, 0.25) is 5.02 Å². The van der Waals surface area contributed by atoms with E-state index in [1.807, 2.05) is 18.3 Å². The van der Waals surface area contributed by atoms with Crippen LogP contribution in [0.25, 0.3) is 10.9 Å². The van der Waals surface area contributed by atoms with E-state index in [9.17, 15) is 0 Å². The molecule has 2 saturated heterocycles. The number of pyridine rings is 1.